The van der Waals surface area contributed by atoms with Crippen molar-refractivity contribution in [2.75, 3.05) is 36.6 Å². The van der Waals surface area contributed by atoms with E-state index >= 15 is 0 Å². The summed E-state index contributed by atoms with van der Waals surface area (Å²) in [7, 11) is 0. The molecule has 5 rings (SSSR count). The summed E-state index contributed by atoms with van der Waals surface area (Å²) in [5.41, 5.74) is 9.42. The lowest BCUT2D eigenvalue weighted by Crippen LogP contribution is -2.37. The Hall–Kier alpha value is -3.58. The van der Waals surface area contributed by atoms with Crippen LogP contribution < -0.4 is 10.3 Å². The molecule has 1 saturated heterocycles. The minimum absolute atomic E-state index is 0.489. The van der Waals surface area contributed by atoms with Gasteiger partial charge in [0.1, 0.15) is 5.82 Å². The Balaban J connectivity index is 1.45. The zero-order chi connectivity index (χ0) is 21.0. The Morgan fingerprint density at radius 2 is 2.00 bits per heavy atom. The van der Waals surface area contributed by atoms with E-state index in [9.17, 15) is 0 Å². The van der Waals surface area contributed by atoms with Gasteiger partial charge in [-0.3, -0.25) is 4.98 Å². The SMILES string of the molecule is Cc1cccc(/C=N/Nc2nc3c(c(N4CCOCC4)n2)CC(c2ccccn2)=C3)c1. The molecular formula is C24H24N6O. The van der Waals surface area contributed by atoms with Gasteiger partial charge in [0, 0.05) is 31.3 Å². The first kappa shape index (κ1) is 19.4. The Bertz CT molecular complexity index is 1140. The van der Waals surface area contributed by atoms with Gasteiger partial charge in [0.15, 0.2) is 0 Å². The van der Waals surface area contributed by atoms with Crippen LogP contribution in [-0.4, -0.2) is 47.5 Å². The average Bonchev–Trinajstić information content (AvgIpc) is 3.24. The lowest BCUT2D eigenvalue weighted by Gasteiger charge is -2.29. The fourth-order valence-corrected chi connectivity index (χ4v) is 3.90. The van der Waals surface area contributed by atoms with Gasteiger partial charge in [-0.25, -0.2) is 10.4 Å². The molecule has 0 unspecified atom stereocenters. The number of anilines is 2. The molecule has 1 aliphatic heterocycles. The summed E-state index contributed by atoms with van der Waals surface area (Å²) < 4.78 is 5.54. The molecule has 1 N–H and O–H groups in total. The van der Waals surface area contributed by atoms with Crippen molar-refractivity contribution in [2.24, 2.45) is 5.10 Å². The molecule has 0 spiro atoms. The number of morpholine rings is 1. The number of allylic oxidation sites excluding steroid dienone is 1. The fraction of sp³-hybridized carbons (Fsp3) is 0.250. The quantitative estimate of drug-likeness (QED) is 0.510. The first-order chi connectivity index (χ1) is 15.3. The van der Waals surface area contributed by atoms with Crippen LogP contribution in [0, 0.1) is 6.92 Å². The third-order valence-corrected chi connectivity index (χ3v) is 5.42. The molecule has 2 aliphatic rings. The number of pyridine rings is 1. The number of aryl methyl sites for hydroxylation is 1. The normalized spacial score (nSPS) is 15.8. The smallest absolute Gasteiger partial charge is 0.246 e. The Kier molecular flexibility index (Phi) is 5.41. The molecule has 1 fully saturated rings. The number of hydrogen-bond donors (Lipinski definition) is 1. The molecular weight excluding hydrogens is 388 g/mol. The zero-order valence-electron chi connectivity index (χ0n) is 17.5. The highest BCUT2D eigenvalue weighted by Gasteiger charge is 2.25. The monoisotopic (exact) mass is 412 g/mol. The summed E-state index contributed by atoms with van der Waals surface area (Å²) in [5.74, 6) is 1.44. The number of nitrogens with one attached hydrogen (secondary N) is 1. The number of hydrogen-bond acceptors (Lipinski definition) is 7. The predicted molar refractivity (Wildman–Crippen MR) is 123 cm³/mol. The third-order valence-electron chi connectivity index (χ3n) is 5.42. The lowest BCUT2D eigenvalue weighted by atomic mass is 10.1. The summed E-state index contributed by atoms with van der Waals surface area (Å²) in [5, 5.41) is 4.37. The van der Waals surface area contributed by atoms with Gasteiger partial charge in [-0.15, -0.1) is 0 Å². The topological polar surface area (TPSA) is 75.5 Å². The van der Waals surface area contributed by atoms with Crippen molar-refractivity contribution in [3.05, 3.63) is 76.7 Å². The van der Waals surface area contributed by atoms with Crippen LogP contribution in [0.4, 0.5) is 11.8 Å². The summed E-state index contributed by atoms with van der Waals surface area (Å²) in [6.45, 7) is 5.10. The molecule has 0 amide bonds. The van der Waals surface area contributed by atoms with E-state index in [1.54, 1.807) is 6.21 Å². The van der Waals surface area contributed by atoms with E-state index in [-0.39, 0.29) is 0 Å². The highest BCUT2D eigenvalue weighted by atomic mass is 16.5. The van der Waals surface area contributed by atoms with E-state index in [0.29, 0.717) is 19.2 Å². The molecule has 0 bridgehead atoms. The van der Waals surface area contributed by atoms with Crippen molar-refractivity contribution in [1.82, 2.24) is 15.0 Å². The van der Waals surface area contributed by atoms with Crippen LogP contribution in [0.1, 0.15) is 28.1 Å². The second-order valence-corrected chi connectivity index (χ2v) is 7.68. The third kappa shape index (κ3) is 4.32. The van der Waals surface area contributed by atoms with Gasteiger partial charge in [0.05, 0.1) is 30.8 Å². The summed E-state index contributed by atoms with van der Waals surface area (Å²) >= 11 is 0. The molecule has 3 aromatic rings. The van der Waals surface area contributed by atoms with Crippen LogP contribution in [0.15, 0.2) is 53.8 Å². The molecule has 2 aromatic heterocycles. The summed E-state index contributed by atoms with van der Waals surface area (Å²) in [4.78, 5) is 16.3. The van der Waals surface area contributed by atoms with E-state index in [1.165, 1.54) is 5.56 Å². The standard InChI is InChI=1S/C24H24N6O/c1-17-5-4-6-18(13-17)16-26-29-24-27-22-15-19(21-7-2-3-8-25-21)14-20(22)23(28-24)30-9-11-31-12-10-30/h2-8,13,15-16H,9-12,14H2,1H3,(H,27,28,29)/b26-16+. The van der Waals surface area contributed by atoms with Gasteiger partial charge in [-0.2, -0.15) is 10.1 Å². The number of hydrazone groups is 1. The maximum absolute atomic E-state index is 5.54. The van der Waals surface area contributed by atoms with Gasteiger partial charge >= 0.3 is 0 Å². The number of fused-ring (bicyclic) bond motifs is 1. The predicted octanol–water partition coefficient (Wildman–Crippen LogP) is 3.56. The lowest BCUT2D eigenvalue weighted by molar-refractivity contribution is 0.122. The van der Waals surface area contributed by atoms with Gasteiger partial charge in [-0.1, -0.05) is 35.9 Å². The van der Waals surface area contributed by atoms with Gasteiger partial charge in [0.2, 0.25) is 5.95 Å². The maximum Gasteiger partial charge on any atom is 0.246 e. The van der Waals surface area contributed by atoms with Crippen LogP contribution in [0.25, 0.3) is 11.6 Å². The highest BCUT2D eigenvalue weighted by Crippen LogP contribution is 2.35. The van der Waals surface area contributed by atoms with E-state index < -0.39 is 0 Å². The number of rotatable bonds is 5. The van der Waals surface area contributed by atoms with Gasteiger partial charge < -0.3 is 9.64 Å². The molecule has 156 valence electrons. The van der Waals surface area contributed by atoms with Gasteiger partial charge in [0.25, 0.3) is 0 Å². The Morgan fingerprint density at radius 1 is 1.10 bits per heavy atom. The molecule has 1 aromatic carbocycles. The Morgan fingerprint density at radius 3 is 2.81 bits per heavy atom. The molecule has 7 heteroatoms. The first-order valence-corrected chi connectivity index (χ1v) is 10.5. The Labute approximate surface area is 181 Å². The van der Waals surface area contributed by atoms with Crippen LogP contribution in [0.5, 0.6) is 0 Å². The second kappa shape index (κ2) is 8.65. The number of benzene rings is 1. The largest absolute Gasteiger partial charge is 0.378 e. The zero-order valence-corrected chi connectivity index (χ0v) is 17.5. The van der Waals surface area contributed by atoms with Crippen molar-refractivity contribution in [3.8, 4) is 0 Å². The minimum atomic E-state index is 0.489. The van der Waals surface area contributed by atoms with Crippen LogP contribution >= 0.6 is 0 Å². The highest BCUT2D eigenvalue weighted by molar-refractivity contribution is 5.88. The molecule has 0 radical (unpaired) electrons. The molecule has 0 saturated carbocycles. The summed E-state index contributed by atoms with van der Waals surface area (Å²) in [6.07, 6.45) is 6.48. The average molecular weight is 412 g/mol. The first-order valence-electron chi connectivity index (χ1n) is 10.5. The van der Waals surface area contributed by atoms with E-state index in [1.807, 2.05) is 36.5 Å². The molecule has 1 aliphatic carbocycles. The van der Waals surface area contributed by atoms with Crippen molar-refractivity contribution < 1.29 is 4.74 Å². The van der Waals surface area contributed by atoms with Crippen LogP contribution in [0.3, 0.4) is 0 Å². The van der Waals surface area contributed by atoms with Crippen molar-refractivity contribution in [1.29, 1.82) is 0 Å². The number of nitrogens with zero attached hydrogens (tertiary/aromatic N) is 5. The van der Waals surface area contributed by atoms with E-state index in [0.717, 1.165) is 53.4 Å². The molecule has 3 heterocycles. The fourth-order valence-electron chi connectivity index (χ4n) is 3.90. The minimum Gasteiger partial charge on any atom is -0.378 e. The van der Waals surface area contributed by atoms with Crippen molar-refractivity contribution >= 4 is 29.6 Å². The van der Waals surface area contributed by atoms with E-state index in [2.05, 4.69) is 45.5 Å². The van der Waals surface area contributed by atoms with Crippen LogP contribution in [-0.2, 0) is 11.2 Å². The number of ether oxygens (including phenoxy) is 1. The van der Waals surface area contributed by atoms with Crippen molar-refractivity contribution in [3.63, 3.8) is 0 Å². The molecule has 0 atom stereocenters. The number of aromatic nitrogens is 3. The van der Waals surface area contributed by atoms with Crippen molar-refractivity contribution in [2.45, 2.75) is 13.3 Å². The summed E-state index contributed by atoms with van der Waals surface area (Å²) in [6, 6.07) is 14.1. The second-order valence-electron chi connectivity index (χ2n) is 7.68. The molecule has 31 heavy (non-hydrogen) atoms. The van der Waals surface area contributed by atoms with Crippen LogP contribution in [0.2, 0.25) is 0 Å². The van der Waals surface area contributed by atoms with Gasteiger partial charge in [-0.05, 0) is 36.3 Å². The molecule has 7 nitrogen and oxygen atoms in total. The maximum atomic E-state index is 5.54. The van der Waals surface area contributed by atoms with E-state index in [4.69, 9.17) is 14.7 Å².